The molecule has 2 aromatic rings. The van der Waals surface area contributed by atoms with Gasteiger partial charge in [-0.3, -0.25) is 4.79 Å². The third-order valence-electron chi connectivity index (χ3n) is 3.56. The molecular formula is C20H19NO3. The largest absolute Gasteiger partial charge is 0.494 e. The number of carbonyl (C=O) groups excluding carboxylic acids is 1. The smallest absolute Gasteiger partial charge is 0.244 e. The van der Waals surface area contributed by atoms with Crippen molar-refractivity contribution in [1.82, 2.24) is 5.32 Å². The van der Waals surface area contributed by atoms with Gasteiger partial charge in [-0.25, -0.2) is 0 Å². The lowest BCUT2D eigenvalue weighted by molar-refractivity contribution is -0.116. The zero-order valence-electron chi connectivity index (χ0n) is 13.3. The first-order valence-corrected chi connectivity index (χ1v) is 7.86. The highest BCUT2D eigenvalue weighted by Crippen LogP contribution is 2.20. The Morgan fingerprint density at radius 2 is 1.88 bits per heavy atom. The number of amides is 1. The van der Waals surface area contributed by atoms with Gasteiger partial charge in [-0.1, -0.05) is 48.5 Å². The second-order valence-corrected chi connectivity index (χ2v) is 5.35. The van der Waals surface area contributed by atoms with Crippen LogP contribution in [-0.4, -0.2) is 25.7 Å². The maximum absolute atomic E-state index is 11.9. The van der Waals surface area contributed by atoms with Crippen LogP contribution in [0.5, 0.6) is 0 Å². The standard InChI is InChI=1S/C20H19NO3/c22-20(21-14-19-15-23-11-12-24-19)10-9-16-5-4-8-18(13-16)17-6-2-1-3-7-17/h1-10,13,15H,11-12,14H2,(H,21,22)/b10-9+. The monoisotopic (exact) mass is 321 g/mol. The van der Waals surface area contributed by atoms with E-state index in [4.69, 9.17) is 9.47 Å². The van der Waals surface area contributed by atoms with E-state index < -0.39 is 0 Å². The predicted molar refractivity (Wildman–Crippen MR) is 93.9 cm³/mol. The molecule has 0 aliphatic carbocycles. The molecule has 4 nitrogen and oxygen atoms in total. The van der Waals surface area contributed by atoms with Crippen LogP contribution < -0.4 is 5.32 Å². The molecule has 0 radical (unpaired) electrons. The summed E-state index contributed by atoms with van der Waals surface area (Å²) in [4.78, 5) is 11.9. The van der Waals surface area contributed by atoms with Gasteiger partial charge < -0.3 is 14.8 Å². The van der Waals surface area contributed by atoms with Gasteiger partial charge in [0.2, 0.25) is 5.91 Å². The zero-order chi connectivity index (χ0) is 16.6. The minimum atomic E-state index is -0.171. The molecule has 1 aliphatic rings. The molecule has 0 fully saturated rings. The van der Waals surface area contributed by atoms with Crippen molar-refractivity contribution in [2.24, 2.45) is 0 Å². The Labute approximate surface area is 141 Å². The molecule has 1 aliphatic heterocycles. The molecule has 0 unspecified atom stereocenters. The number of rotatable bonds is 5. The SMILES string of the molecule is O=C(/C=C/c1cccc(-c2ccccc2)c1)NCC1=COCCO1. The Kier molecular flexibility index (Phi) is 5.30. The van der Waals surface area contributed by atoms with Crippen molar-refractivity contribution in [2.75, 3.05) is 19.8 Å². The third kappa shape index (κ3) is 4.49. The van der Waals surface area contributed by atoms with E-state index in [1.54, 1.807) is 6.08 Å². The Bertz CT molecular complexity index is 750. The van der Waals surface area contributed by atoms with Crippen LogP contribution in [0.3, 0.4) is 0 Å². The number of hydrogen-bond donors (Lipinski definition) is 1. The summed E-state index contributed by atoms with van der Waals surface area (Å²) >= 11 is 0. The Morgan fingerprint density at radius 1 is 1.04 bits per heavy atom. The summed E-state index contributed by atoms with van der Waals surface area (Å²) < 4.78 is 10.5. The van der Waals surface area contributed by atoms with E-state index in [1.807, 2.05) is 30.3 Å². The number of nitrogens with one attached hydrogen (secondary N) is 1. The zero-order valence-corrected chi connectivity index (χ0v) is 13.3. The fourth-order valence-electron chi connectivity index (χ4n) is 2.36. The highest BCUT2D eigenvalue weighted by atomic mass is 16.6. The summed E-state index contributed by atoms with van der Waals surface area (Å²) in [6.45, 7) is 1.39. The average Bonchev–Trinajstić information content (AvgIpc) is 2.66. The molecule has 0 aromatic heterocycles. The van der Waals surface area contributed by atoms with Gasteiger partial charge in [-0.15, -0.1) is 0 Å². The summed E-state index contributed by atoms with van der Waals surface area (Å²) in [5.41, 5.74) is 3.25. The van der Waals surface area contributed by atoms with Gasteiger partial charge >= 0.3 is 0 Å². The molecule has 0 bridgehead atoms. The molecule has 0 atom stereocenters. The molecule has 0 saturated heterocycles. The Hall–Kier alpha value is -3.01. The molecule has 24 heavy (non-hydrogen) atoms. The summed E-state index contributed by atoms with van der Waals surface area (Å²) in [6.07, 6.45) is 4.86. The van der Waals surface area contributed by atoms with E-state index in [-0.39, 0.29) is 5.91 Å². The van der Waals surface area contributed by atoms with E-state index in [9.17, 15) is 4.79 Å². The molecule has 0 spiro atoms. The van der Waals surface area contributed by atoms with E-state index in [0.29, 0.717) is 25.5 Å². The van der Waals surface area contributed by atoms with Gasteiger partial charge in [0.25, 0.3) is 0 Å². The molecule has 1 heterocycles. The summed E-state index contributed by atoms with van der Waals surface area (Å²) in [6, 6.07) is 18.2. The van der Waals surface area contributed by atoms with Crippen LogP contribution in [0.1, 0.15) is 5.56 Å². The van der Waals surface area contributed by atoms with Crippen LogP contribution in [0.25, 0.3) is 17.2 Å². The van der Waals surface area contributed by atoms with Gasteiger partial charge in [-0.05, 0) is 28.8 Å². The first-order chi connectivity index (χ1) is 11.8. The van der Waals surface area contributed by atoms with Gasteiger partial charge in [-0.2, -0.15) is 0 Å². The van der Waals surface area contributed by atoms with Crippen LogP contribution in [0, 0.1) is 0 Å². The quantitative estimate of drug-likeness (QED) is 0.859. The third-order valence-corrected chi connectivity index (χ3v) is 3.56. The van der Waals surface area contributed by atoms with Crippen LogP contribution in [0.2, 0.25) is 0 Å². The fraction of sp³-hybridized carbons (Fsp3) is 0.150. The topological polar surface area (TPSA) is 47.6 Å². The number of ether oxygens (including phenoxy) is 2. The number of hydrogen-bond acceptors (Lipinski definition) is 3. The van der Waals surface area contributed by atoms with Crippen molar-refractivity contribution < 1.29 is 14.3 Å². The van der Waals surface area contributed by atoms with Crippen molar-refractivity contribution in [2.45, 2.75) is 0 Å². The van der Waals surface area contributed by atoms with Crippen LogP contribution >= 0.6 is 0 Å². The molecule has 3 rings (SSSR count). The minimum absolute atomic E-state index is 0.171. The molecule has 0 saturated carbocycles. The predicted octanol–water partition coefficient (Wildman–Crippen LogP) is 3.37. The molecular weight excluding hydrogens is 302 g/mol. The highest BCUT2D eigenvalue weighted by Gasteiger charge is 2.05. The summed E-state index contributed by atoms with van der Waals surface area (Å²) in [7, 11) is 0. The highest BCUT2D eigenvalue weighted by molar-refractivity contribution is 5.92. The maximum atomic E-state index is 11.9. The number of benzene rings is 2. The van der Waals surface area contributed by atoms with Crippen molar-refractivity contribution in [1.29, 1.82) is 0 Å². The Balaban J connectivity index is 1.60. The average molecular weight is 321 g/mol. The lowest BCUT2D eigenvalue weighted by Crippen LogP contribution is -2.26. The van der Waals surface area contributed by atoms with Gasteiger partial charge in [0.1, 0.15) is 25.2 Å². The molecule has 1 amide bonds. The van der Waals surface area contributed by atoms with Gasteiger partial charge in [0.05, 0.1) is 6.54 Å². The maximum Gasteiger partial charge on any atom is 0.244 e. The number of carbonyl (C=O) groups is 1. The minimum Gasteiger partial charge on any atom is -0.494 e. The van der Waals surface area contributed by atoms with Crippen LogP contribution in [0.4, 0.5) is 0 Å². The molecule has 1 N–H and O–H groups in total. The van der Waals surface area contributed by atoms with Crippen molar-refractivity contribution in [3.63, 3.8) is 0 Å². The summed E-state index contributed by atoms with van der Waals surface area (Å²) in [5.74, 6) is 0.462. The first kappa shape index (κ1) is 15.9. The molecule has 122 valence electrons. The molecule has 2 aromatic carbocycles. The lowest BCUT2D eigenvalue weighted by atomic mass is 10.0. The van der Waals surface area contributed by atoms with Crippen molar-refractivity contribution in [3.05, 3.63) is 78.3 Å². The second kappa shape index (κ2) is 8.02. The normalized spacial score (nSPS) is 13.8. The second-order valence-electron chi connectivity index (χ2n) is 5.35. The van der Waals surface area contributed by atoms with E-state index >= 15 is 0 Å². The lowest BCUT2D eigenvalue weighted by Gasteiger charge is -2.15. The van der Waals surface area contributed by atoms with Gasteiger partial charge in [0.15, 0.2) is 0 Å². The van der Waals surface area contributed by atoms with Crippen molar-refractivity contribution >= 4 is 12.0 Å². The summed E-state index contributed by atoms with van der Waals surface area (Å²) in [5, 5.41) is 2.77. The van der Waals surface area contributed by atoms with E-state index in [1.165, 1.54) is 12.3 Å². The first-order valence-electron chi connectivity index (χ1n) is 7.86. The van der Waals surface area contributed by atoms with Crippen LogP contribution in [-0.2, 0) is 14.3 Å². The van der Waals surface area contributed by atoms with Crippen molar-refractivity contribution in [3.8, 4) is 11.1 Å². The molecule has 4 heteroatoms. The van der Waals surface area contributed by atoms with Crippen LogP contribution in [0.15, 0.2) is 72.7 Å². The van der Waals surface area contributed by atoms with Gasteiger partial charge in [0, 0.05) is 6.08 Å². The van der Waals surface area contributed by atoms with E-state index in [0.717, 1.165) is 16.7 Å². The fourth-order valence-corrected chi connectivity index (χ4v) is 2.36. The Morgan fingerprint density at radius 3 is 2.67 bits per heavy atom. The van der Waals surface area contributed by atoms with E-state index in [2.05, 4.69) is 29.6 Å².